The minimum Gasteiger partial charge on any atom is -0.355 e. The molecular formula is C33H35ClN4O3S. The van der Waals surface area contributed by atoms with Gasteiger partial charge in [-0.05, 0) is 56.9 Å². The van der Waals surface area contributed by atoms with E-state index in [-0.39, 0.29) is 11.3 Å². The third-order valence-electron chi connectivity index (χ3n) is 7.41. The summed E-state index contributed by atoms with van der Waals surface area (Å²) >= 11 is 6.17. The number of unbranched alkanes of at least 4 members (excludes halogenated alkanes) is 3. The van der Waals surface area contributed by atoms with Gasteiger partial charge in [0, 0.05) is 35.7 Å². The molecule has 1 aliphatic heterocycles. The molecule has 4 aromatic rings. The lowest BCUT2D eigenvalue weighted by molar-refractivity contribution is -0.119. The second-order valence-electron chi connectivity index (χ2n) is 10.7. The number of benzene rings is 3. The van der Waals surface area contributed by atoms with Crippen LogP contribution in [-0.4, -0.2) is 37.4 Å². The van der Waals surface area contributed by atoms with E-state index >= 15 is 0 Å². The van der Waals surface area contributed by atoms with E-state index in [0.717, 1.165) is 79.2 Å². The van der Waals surface area contributed by atoms with E-state index in [1.165, 1.54) is 17.7 Å². The fourth-order valence-corrected chi connectivity index (χ4v) is 6.33. The van der Waals surface area contributed by atoms with Crippen LogP contribution in [0.25, 0.3) is 22.5 Å². The first-order valence-electron chi connectivity index (χ1n) is 14.4. The molecule has 9 heteroatoms. The third kappa shape index (κ3) is 7.36. The lowest BCUT2D eigenvalue weighted by Gasteiger charge is -2.30. The van der Waals surface area contributed by atoms with Crippen LogP contribution in [0, 0.1) is 6.92 Å². The van der Waals surface area contributed by atoms with Gasteiger partial charge in [0.15, 0.2) is 5.82 Å². The summed E-state index contributed by atoms with van der Waals surface area (Å²) in [6, 6.07) is 24.1. The Bertz CT molecular complexity index is 1630. The zero-order valence-electron chi connectivity index (χ0n) is 23.7. The van der Waals surface area contributed by atoms with Gasteiger partial charge in [0.05, 0.1) is 22.0 Å². The molecule has 5 rings (SSSR count). The van der Waals surface area contributed by atoms with E-state index in [1.807, 2.05) is 24.3 Å². The predicted octanol–water partition coefficient (Wildman–Crippen LogP) is 6.98. The Labute approximate surface area is 253 Å². The van der Waals surface area contributed by atoms with Crippen LogP contribution in [0.4, 0.5) is 5.82 Å². The molecule has 0 bridgehead atoms. The van der Waals surface area contributed by atoms with E-state index in [4.69, 9.17) is 21.6 Å². The first kappa shape index (κ1) is 29.7. The first-order chi connectivity index (χ1) is 20.3. The van der Waals surface area contributed by atoms with Gasteiger partial charge in [-0.3, -0.25) is 4.79 Å². The molecule has 0 atom stereocenters. The number of carbonyl (C=O) groups excluding carboxylic acids is 1. The normalized spacial score (nSPS) is 13.0. The third-order valence-corrected chi connectivity index (χ3v) is 9.06. The number of carbonyl (C=O) groups is 1. The molecular weight excluding hydrogens is 568 g/mol. The van der Waals surface area contributed by atoms with Crippen molar-refractivity contribution in [2.75, 3.05) is 18.0 Å². The van der Waals surface area contributed by atoms with Crippen LogP contribution in [0.5, 0.6) is 0 Å². The highest BCUT2D eigenvalue weighted by Gasteiger charge is 2.24. The number of fused-ring (bicyclic) bond motifs is 1. The summed E-state index contributed by atoms with van der Waals surface area (Å²) in [6.45, 7) is 3.85. The molecule has 7 nitrogen and oxygen atoms in total. The number of aryl methyl sites for hydroxylation is 2. The molecule has 0 aliphatic carbocycles. The number of nitrogens with one attached hydrogen (secondary N) is 1. The number of anilines is 1. The highest BCUT2D eigenvalue weighted by molar-refractivity contribution is 7.90. The molecule has 1 amide bonds. The molecule has 0 radical (unpaired) electrons. The van der Waals surface area contributed by atoms with Crippen molar-refractivity contribution in [2.24, 2.45) is 0 Å². The molecule has 1 N–H and O–H groups in total. The maximum Gasteiger partial charge on any atom is 0.264 e. The van der Waals surface area contributed by atoms with E-state index in [0.29, 0.717) is 11.4 Å². The molecule has 42 heavy (non-hydrogen) atoms. The van der Waals surface area contributed by atoms with Gasteiger partial charge in [0.1, 0.15) is 0 Å². The molecule has 0 unspecified atom stereocenters. The van der Waals surface area contributed by atoms with Crippen molar-refractivity contribution in [2.45, 2.75) is 56.8 Å². The van der Waals surface area contributed by atoms with Gasteiger partial charge in [-0.1, -0.05) is 84.6 Å². The molecule has 3 aromatic carbocycles. The Balaban J connectivity index is 1.21. The Kier molecular flexibility index (Phi) is 9.55. The van der Waals surface area contributed by atoms with Crippen molar-refractivity contribution in [1.29, 1.82) is 0 Å². The maximum absolute atomic E-state index is 12.3. The van der Waals surface area contributed by atoms with Crippen molar-refractivity contribution in [1.82, 2.24) is 14.7 Å². The van der Waals surface area contributed by atoms with E-state index in [2.05, 4.69) is 40.8 Å². The summed E-state index contributed by atoms with van der Waals surface area (Å²) in [5, 5.41) is 0.686. The van der Waals surface area contributed by atoms with Crippen molar-refractivity contribution in [3.05, 3.63) is 95.1 Å². The smallest absolute Gasteiger partial charge is 0.264 e. The average molecular weight is 603 g/mol. The van der Waals surface area contributed by atoms with Crippen LogP contribution in [0.2, 0.25) is 5.02 Å². The highest BCUT2D eigenvalue weighted by Crippen LogP contribution is 2.35. The van der Waals surface area contributed by atoms with Crippen molar-refractivity contribution >= 4 is 33.3 Å². The minimum absolute atomic E-state index is 0.0917. The van der Waals surface area contributed by atoms with E-state index in [1.54, 1.807) is 18.2 Å². The van der Waals surface area contributed by atoms with E-state index in [9.17, 15) is 13.2 Å². The molecule has 0 spiro atoms. The molecule has 1 aliphatic rings. The molecule has 0 saturated carbocycles. The standard InChI is InChI=1S/C33H35ClN4O3S/c1-24-14-16-25(17-15-24)32-31(26-18-20-27(34)21-19-26)35-29-12-9-23-38(33(29)36-32)22-8-3-2-7-13-30(39)37-42(40,41)28-10-5-4-6-11-28/h4-6,10-11,14-21H,2-3,7-9,12-13,22-23H2,1H3,(H,37,39). The number of hydrogen-bond acceptors (Lipinski definition) is 6. The van der Waals surface area contributed by atoms with Gasteiger partial charge in [0.2, 0.25) is 5.91 Å². The van der Waals surface area contributed by atoms with Crippen molar-refractivity contribution < 1.29 is 13.2 Å². The Morgan fingerprint density at radius 1 is 0.857 bits per heavy atom. The van der Waals surface area contributed by atoms with Crippen LogP contribution in [0.1, 0.15) is 49.8 Å². The molecule has 0 saturated heterocycles. The second-order valence-corrected chi connectivity index (χ2v) is 12.8. The van der Waals surface area contributed by atoms with Gasteiger partial charge in [0.25, 0.3) is 10.0 Å². The van der Waals surface area contributed by atoms with Crippen LogP contribution >= 0.6 is 11.6 Å². The Hall–Kier alpha value is -3.75. The number of aromatic nitrogens is 2. The molecule has 2 heterocycles. The summed E-state index contributed by atoms with van der Waals surface area (Å²) in [7, 11) is -3.82. The molecule has 1 aromatic heterocycles. The summed E-state index contributed by atoms with van der Waals surface area (Å²) in [4.78, 5) is 25.0. The van der Waals surface area contributed by atoms with Gasteiger partial charge in [-0.15, -0.1) is 0 Å². The summed E-state index contributed by atoms with van der Waals surface area (Å²) in [6.07, 6.45) is 5.44. The quantitative estimate of drug-likeness (QED) is 0.186. The van der Waals surface area contributed by atoms with Crippen LogP contribution < -0.4 is 9.62 Å². The monoisotopic (exact) mass is 602 g/mol. The molecule has 0 fully saturated rings. The Morgan fingerprint density at radius 3 is 2.21 bits per heavy atom. The van der Waals surface area contributed by atoms with Crippen LogP contribution in [-0.2, 0) is 21.2 Å². The predicted molar refractivity (Wildman–Crippen MR) is 168 cm³/mol. The fourth-order valence-electron chi connectivity index (χ4n) is 5.17. The molecule has 218 valence electrons. The number of hydrogen-bond donors (Lipinski definition) is 1. The number of sulfonamides is 1. The maximum atomic E-state index is 12.3. The van der Waals surface area contributed by atoms with Crippen molar-refractivity contribution in [3.8, 4) is 22.5 Å². The topological polar surface area (TPSA) is 92.3 Å². The number of halogens is 1. The second kappa shape index (κ2) is 13.5. The van der Waals surface area contributed by atoms with Gasteiger partial charge < -0.3 is 4.90 Å². The minimum atomic E-state index is -3.82. The number of nitrogens with zero attached hydrogens (tertiary/aromatic N) is 3. The first-order valence-corrected chi connectivity index (χ1v) is 16.3. The summed E-state index contributed by atoms with van der Waals surface area (Å²) < 4.78 is 26.9. The summed E-state index contributed by atoms with van der Waals surface area (Å²) in [5.74, 6) is 0.472. The lowest BCUT2D eigenvalue weighted by atomic mass is 10.0. The largest absolute Gasteiger partial charge is 0.355 e. The number of amides is 1. The number of rotatable bonds is 11. The lowest BCUT2D eigenvalue weighted by Crippen LogP contribution is -2.32. The Morgan fingerprint density at radius 2 is 1.50 bits per heavy atom. The van der Waals surface area contributed by atoms with Gasteiger partial charge in [-0.2, -0.15) is 0 Å². The average Bonchev–Trinajstić information content (AvgIpc) is 2.99. The SMILES string of the molecule is Cc1ccc(-c2nc3c(nc2-c2ccc(Cl)cc2)CCCN3CCCCCCC(=O)NS(=O)(=O)c2ccccc2)cc1. The van der Waals surface area contributed by atoms with Crippen LogP contribution in [0.3, 0.4) is 0 Å². The van der Waals surface area contributed by atoms with Crippen molar-refractivity contribution in [3.63, 3.8) is 0 Å². The van der Waals surface area contributed by atoms with Crippen LogP contribution in [0.15, 0.2) is 83.8 Å². The van der Waals surface area contributed by atoms with Gasteiger partial charge in [-0.25, -0.2) is 23.1 Å². The zero-order valence-corrected chi connectivity index (χ0v) is 25.3. The zero-order chi connectivity index (χ0) is 29.5. The van der Waals surface area contributed by atoms with Gasteiger partial charge >= 0.3 is 0 Å². The fraction of sp³-hybridized carbons (Fsp3) is 0.303. The summed E-state index contributed by atoms with van der Waals surface area (Å²) in [5.41, 5.74) is 5.94. The highest BCUT2D eigenvalue weighted by atomic mass is 35.5. The van der Waals surface area contributed by atoms with E-state index < -0.39 is 15.9 Å².